The maximum Gasteiger partial charge on any atom is 0.338 e. The summed E-state index contributed by atoms with van der Waals surface area (Å²) in [7, 11) is 1.57. The normalized spacial score (nSPS) is 10.4. The molecule has 0 aliphatic carbocycles. The number of amides is 1. The molecule has 0 heterocycles. The molecule has 0 fully saturated rings. The number of ether oxygens (including phenoxy) is 3. The van der Waals surface area contributed by atoms with Gasteiger partial charge in [0, 0.05) is 0 Å². The standard InChI is InChI=1S/C22H27NO5/c1-16(2)14-17-8-10-18(11-9-17)22(25)28-15-21(24)23-12-13-27-20-7-5-4-6-19(20)26-3/h4-11,16H,12-15H2,1-3H3,(H,23,24). The molecule has 0 aliphatic heterocycles. The summed E-state index contributed by atoms with van der Waals surface area (Å²) in [5.74, 6) is 0.882. The summed E-state index contributed by atoms with van der Waals surface area (Å²) in [6.07, 6.45) is 0.953. The predicted molar refractivity (Wildman–Crippen MR) is 107 cm³/mol. The summed E-state index contributed by atoms with van der Waals surface area (Å²) in [4.78, 5) is 23.8. The van der Waals surface area contributed by atoms with E-state index in [1.807, 2.05) is 24.3 Å². The number of hydrogen-bond donors (Lipinski definition) is 1. The second-order valence-electron chi connectivity index (χ2n) is 6.72. The van der Waals surface area contributed by atoms with Gasteiger partial charge >= 0.3 is 5.97 Å². The number of carbonyl (C=O) groups excluding carboxylic acids is 2. The van der Waals surface area contributed by atoms with Crippen molar-refractivity contribution in [3.63, 3.8) is 0 Å². The first-order valence-corrected chi connectivity index (χ1v) is 9.28. The first-order valence-electron chi connectivity index (χ1n) is 9.28. The average Bonchev–Trinajstić information content (AvgIpc) is 2.69. The van der Waals surface area contributed by atoms with Crippen LogP contribution in [0.3, 0.4) is 0 Å². The van der Waals surface area contributed by atoms with Crippen LogP contribution in [0.1, 0.15) is 29.8 Å². The Hall–Kier alpha value is -3.02. The number of nitrogens with one attached hydrogen (secondary N) is 1. The van der Waals surface area contributed by atoms with Crippen LogP contribution >= 0.6 is 0 Å². The third kappa shape index (κ3) is 6.95. The molecule has 2 aromatic carbocycles. The molecule has 1 N–H and O–H groups in total. The van der Waals surface area contributed by atoms with E-state index in [-0.39, 0.29) is 19.1 Å². The van der Waals surface area contributed by atoms with Crippen molar-refractivity contribution in [1.82, 2.24) is 5.32 Å². The lowest BCUT2D eigenvalue weighted by Crippen LogP contribution is -2.32. The number of para-hydroxylation sites is 2. The Kier molecular flexibility index (Phi) is 8.34. The quantitative estimate of drug-likeness (QED) is 0.502. The minimum Gasteiger partial charge on any atom is -0.493 e. The molecule has 1 amide bonds. The van der Waals surface area contributed by atoms with Gasteiger partial charge in [-0.05, 0) is 42.2 Å². The summed E-state index contributed by atoms with van der Waals surface area (Å²) < 4.78 is 15.8. The zero-order valence-corrected chi connectivity index (χ0v) is 16.6. The van der Waals surface area contributed by atoms with E-state index < -0.39 is 5.97 Å². The van der Waals surface area contributed by atoms with E-state index in [0.717, 1.165) is 6.42 Å². The van der Waals surface area contributed by atoms with Crippen LogP contribution in [0.2, 0.25) is 0 Å². The minimum atomic E-state index is -0.517. The van der Waals surface area contributed by atoms with E-state index in [4.69, 9.17) is 14.2 Å². The van der Waals surface area contributed by atoms with Crippen LogP contribution in [0.5, 0.6) is 11.5 Å². The topological polar surface area (TPSA) is 73.9 Å². The van der Waals surface area contributed by atoms with E-state index in [1.165, 1.54) is 5.56 Å². The highest BCUT2D eigenvalue weighted by Crippen LogP contribution is 2.25. The Morgan fingerprint density at radius 1 is 1.00 bits per heavy atom. The highest BCUT2D eigenvalue weighted by molar-refractivity contribution is 5.91. The van der Waals surface area contributed by atoms with Crippen molar-refractivity contribution >= 4 is 11.9 Å². The van der Waals surface area contributed by atoms with Crippen molar-refractivity contribution in [3.8, 4) is 11.5 Å². The summed E-state index contributed by atoms with van der Waals surface area (Å²) in [6.45, 7) is 4.52. The Labute approximate surface area is 165 Å². The highest BCUT2D eigenvalue weighted by Gasteiger charge is 2.10. The lowest BCUT2D eigenvalue weighted by molar-refractivity contribution is -0.124. The second-order valence-corrected chi connectivity index (χ2v) is 6.72. The maximum absolute atomic E-state index is 12.0. The van der Waals surface area contributed by atoms with Gasteiger partial charge in [0.25, 0.3) is 5.91 Å². The van der Waals surface area contributed by atoms with Gasteiger partial charge in [0.05, 0.1) is 19.2 Å². The Morgan fingerprint density at radius 3 is 2.32 bits per heavy atom. The van der Waals surface area contributed by atoms with E-state index in [1.54, 1.807) is 31.4 Å². The van der Waals surface area contributed by atoms with Gasteiger partial charge in [0.1, 0.15) is 6.61 Å². The summed E-state index contributed by atoms with van der Waals surface area (Å²) in [5, 5.41) is 2.65. The fourth-order valence-electron chi connectivity index (χ4n) is 2.60. The molecule has 2 rings (SSSR count). The number of hydrogen-bond acceptors (Lipinski definition) is 5. The van der Waals surface area contributed by atoms with Crippen molar-refractivity contribution in [2.75, 3.05) is 26.9 Å². The van der Waals surface area contributed by atoms with E-state index in [2.05, 4.69) is 19.2 Å². The van der Waals surface area contributed by atoms with Gasteiger partial charge in [-0.2, -0.15) is 0 Å². The van der Waals surface area contributed by atoms with Crippen LogP contribution in [0, 0.1) is 5.92 Å². The second kappa shape index (κ2) is 11.0. The molecular weight excluding hydrogens is 358 g/mol. The lowest BCUT2D eigenvalue weighted by atomic mass is 10.0. The number of rotatable bonds is 10. The summed E-state index contributed by atoms with van der Waals surface area (Å²) in [6, 6.07) is 14.5. The first-order chi connectivity index (χ1) is 13.5. The molecule has 0 unspecified atom stereocenters. The molecule has 6 heteroatoms. The average molecular weight is 385 g/mol. The van der Waals surface area contributed by atoms with Crippen molar-refractivity contribution in [2.45, 2.75) is 20.3 Å². The largest absolute Gasteiger partial charge is 0.493 e. The summed E-state index contributed by atoms with van der Waals surface area (Å²) >= 11 is 0. The van der Waals surface area contributed by atoms with Gasteiger partial charge in [0.15, 0.2) is 18.1 Å². The fraction of sp³-hybridized carbons (Fsp3) is 0.364. The third-order valence-electron chi connectivity index (χ3n) is 3.92. The molecule has 0 saturated carbocycles. The molecule has 28 heavy (non-hydrogen) atoms. The van der Waals surface area contributed by atoms with E-state index in [0.29, 0.717) is 29.5 Å². The van der Waals surface area contributed by atoms with Gasteiger partial charge in [-0.1, -0.05) is 38.1 Å². The molecule has 0 atom stereocenters. The zero-order valence-electron chi connectivity index (χ0n) is 16.6. The molecule has 150 valence electrons. The van der Waals surface area contributed by atoms with Crippen LogP contribution in [0.25, 0.3) is 0 Å². The smallest absolute Gasteiger partial charge is 0.338 e. The Bertz CT molecular complexity index is 771. The van der Waals surface area contributed by atoms with Crippen LogP contribution in [-0.4, -0.2) is 38.7 Å². The predicted octanol–water partition coefficient (Wildman–Crippen LogP) is 3.25. The van der Waals surface area contributed by atoms with Crippen LogP contribution in [0.4, 0.5) is 0 Å². The van der Waals surface area contributed by atoms with Crippen molar-refractivity contribution in [1.29, 1.82) is 0 Å². The number of carbonyl (C=O) groups is 2. The summed E-state index contributed by atoms with van der Waals surface area (Å²) in [5.41, 5.74) is 1.60. The van der Waals surface area contributed by atoms with Crippen LogP contribution in [-0.2, 0) is 16.0 Å². The van der Waals surface area contributed by atoms with Crippen LogP contribution in [0.15, 0.2) is 48.5 Å². The van der Waals surface area contributed by atoms with Crippen LogP contribution < -0.4 is 14.8 Å². The van der Waals surface area contributed by atoms with Crippen molar-refractivity contribution < 1.29 is 23.8 Å². The Balaban J connectivity index is 1.68. The first kappa shape index (κ1) is 21.3. The van der Waals surface area contributed by atoms with E-state index in [9.17, 15) is 9.59 Å². The van der Waals surface area contributed by atoms with Gasteiger partial charge in [-0.3, -0.25) is 4.79 Å². The van der Waals surface area contributed by atoms with Gasteiger partial charge in [-0.15, -0.1) is 0 Å². The Morgan fingerprint density at radius 2 is 1.68 bits per heavy atom. The van der Waals surface area contributed by atoms with Crippen molar-refractivity contribution in [2.24, 2.45) is 5.92 Å². The molecule has 0 saturated heterocycles. The third-order valence-corrected chi connectivity index (χ3v) is 3.92. The lowest BCUT2D eigenvalue weighted by Gasteiger charge is -2.11. The number of benzene rings is 2. The molecule has 0 aliphatic rings. The van der Waals surface area contributed by atoms with E-state index >= 15 is 0 Å². The molecule has 2 aromatic rings. The molecule has 6 nitrogen and oxygen atoms in total. The van der Waals surface area contributed by atoms with Crippen molar-refractivity contribution in [3.05, 3.63) is 59.7 Å². The SMILES string of the molecule is COc1ccccc1OCCNC(=O)COC(=O)c1ccc(CC(C)C)cc1. The van der Waals surface area contributed by atoms with Gasteiger partial charge in [-0.25, -0.2) is 4.79 Å². The van der Waals surface area contributed by atoms with Gasteiger partial charge < -0.3 is 19.5 Å². The molecule has 0 spiro atoms. The van der Waals surface area contributed by atoms with Gasteiger partial charge in [0.2, 0.25) is 0 Å². The molecule has 0 radical (unpaired) electrons. The highest BCUT2D eigenvalue weighted by atomic mass is 16.5. The monoisotopic (exact) mass is 385 g/mol. The number of methoxy groups -OCH3 is 1. The molecule has 0 bridgehead atoms. The molecular formula is C22H27NO5. The maximum atomic E-state index is 12.0. The number of esters is 1. The minimum absolute atomic E-state index is 0.275. The molecule has 0 aromatic heterocycles. The fourth-order valence-corrected chi connectivity index (χ4v) is 2.60. The zero-order chi connectivity index (χ0) is 20.4.